The van der Waals surface area contributed by atoms with Crippen molar-refractivity contribution in [1.29, 1.82) is 0 Å². The number of aromatic nitrogens is 2. The van der Waals surface area contributed by atoms with Gasteiger partial charge in [-0.2, -0.15) is 0 Å². The predicted molar refractivity (Wildman–Crippen MR) is 66.1 cm³/mol. The minimum absolute atomic E-state index is 0.462. The van der Waals surface area contributed by atoms with Gasteiger partial charge in [0.1, 0.15) is 12.9 Å². The number of nitrogens with one attached hydrogen (secondary N) is 1. The van der Waals surface area contributed by atoms with E-state index in [0.717, 1.165) is 17.4 Å². The summed E-state index contributed by atoms with van der Waals surface area (Å²) < 4.78 is 5.79. The Kier molecular flexibility index (Phi) is 2.88. The normalized spacial score (nSPS) is 19.6. The van der Waals surface area contributed by atoms with Crippen molar-refractivity contribution in [1.82, 2.24) is 15.3 Å². The summed E-state index contributed by atoms with van der Waals surface area (Å²) in [5.74, 6) is 0.685. The van der Waals surface area contributed by atoms with E-state index in [1.165, 1.54) is 12.8 Å². The van der Waals surface area contributed by atoms with Gasteiger partial charge in [0, 0.05) is 6.04 Å². The number of fused-ring (bicyclic) bond motifs is 1. The summed E-state index contributed by atoms with van der Waals surface area (Å²) in [7, 11) is 0. The molecule has 1 saturated heterocycles. The van der Waals surface area contributed by atoms with Gasteiger partial charge in [0.2, 0.25) is 5.88 Å². The minimum atomic E-state index is 0.462. The molecule has 0 amide bonds. The van der Waals surface area contributed by atoms with Crippen LogP contribution in [0.5, 0.6) is 5.88 Å². The van der Waals surface area contributed by atoms with Crippen LogP contribution in [0.4, 0.5) is 0 Å². The Morgan fingerprint density at radius 1 is 1.29 bits per heavy atom. The van der Waals surface area contributed by atoms with E-state index < -0.39 is 0 Å². The van der Waals surface area contributed by atoms with Gasteiger partial charge >= 0.3 is 0 Å². The van der Waals surface area contributed by atoms with Gasteiger partial charge in [-0.05, 0) is 31.5 Å². The fourth-order valence-corrected chi connectivity index (χ4v) is 2.17. The lowest BCUT2D eigenvalue weighted by Gasteiger charge is -2.12. The van der Waals surface area contributed by atoms with Crippen LogP contribution < -0.4 is 10.1 Å². The fourth-order valence-electron chi connectivity index (χ4n) is 2.17. The first-order valence-electron chi connectivity index (χ1n) is 5.99. The average molecular weight is 229 g/mol. The molecule has 1 unspecified atom stereocenters. The first kappa shape index (κ1) is 10.5. The Balaban J connectivity index is 1.79. The zero-order valence-corrected chi connectivity index (χ0v) is 9.60. The van der Waals surface area contributed by atoms with Crippen LogP contribution in [-0.4, -0.2) is 29.2 Å². The first-order valence-corrected chi connectivity index (χ1v) is 5.99. The fraction of sp³-hybridized carbons (Fsp3) is 0.385. The van der Waals surface area contributed by atoms with Crippen molar-refractivity contribution in [2.75, 3.05) is 13.2 Å². The summed E-state index contributed by atoms with van der Waals surface area (Å²) in [6.45, 7) is 1.78. The Hall–Kier alpha value is -1.68. The van der Waals surface area contributed by atoms with Crippen molar-refractivity contribution in [3.05, 3.63) is 30.6 Å². The Morgan fingerprint density at radius 2 is 2.24 bits per heavy atom. The van der Waals surface area contributed by atoms with Gasteiger partial charge in [0.05, 0.1) is 10.9 Å². The van der Waals surface area contributed by atoms with E-state index in [-0.39, 0.29) is 0 Å². The smallest absolute Gasteiger partial charge is 0.224 e. The molecule has 0 spiro atoms. The maximum Gasteiger partial charge on any atom is 0.224 e. The molecule has 1 atom stereocenters. The maximum absolute atomic E-state index is 5.79. The molecule has 2 heterocycles. The van der Waals surface area contributed by atoms with Gasteiger partial charge in [0.25, 0.3) is 0 Å². The van der Waals surface area contributed by atoms with Gasteiger partial charge in [0.15, 0.2) is 0 Å². The zero-order valence-electron chi connectivity index (χ0n) is 9.60. The van der Waals surface area contributed by atoms with Crippen LogP contribution in [0.1, 0.15) is 12.8 Å². The third-order valence-electron chi connectivity index (χ3n) is 3.09. The van der Waals surface area contributed by atoms with Crippen molar-refractivity contribution < 1.29 is 4.74 Å². The molecule has 1 aliphatic heterocycles. The van der Waals surface area contributed by atoms with Crippen molar-refractivity contribution in [2.24, 2.45) is 0 Å². The summed E-state index contributed by atoms with van der Waals surface area (Å²) in [6, 6.07) is 8.37. The molecule has 2 aromatic rings. The molecule has 0 radical (unpaired) electrons. The van der Waals surface area contributed by atoms with E-state index in [1.54, 1.807) is 6.33 Å². The van der Waals surface area contributed by atoms with Crippen LogP contribution in [0.3, 0.4) is 0 Å². The summed E-state index contributed by atoms with van der Waals surface area (Å²) in [6.07, 6.45) is 3.97. The SMILES string of the molecule is c1ccc2c(OCC3CCCN3)ncnc2c1. The molecule has 1 N–H and O–H groups in total. The lowest BCUT2D eigenvalue weighted by molar-refractivity contribution is 0.270. The van der Waals surface area contributed by atoms with Crippen molar-refractivity contribution >= 4 is 10.9 Å². The van der Waals surface area contributed by atoms with Crippen LogP contribution in [0, 0.1) is 0 Å². The van der Waals surface area contributed by atoms with Gasteiger partial charge in [-0.3, -0.25) is 0 Å². The summed E-state index contributed by atoms with van der Waals surface area (Å²) in [5, 5.41) is 4.39. The molecular weight excluding hydrogens is 214 g/mol. The van der Waals surface area contributed by atoms with Gasteiger partial charge in [-0.25, -0.2) is 9.97 Å². The van der Waals surface area contributed by atoms with E-state index in [0.29, 0.717) is 18.5 Å². The number of benzene rings is 1. The highest BCUT2D eigenvalue weighted by molar-refractivity contribution is 5.82. The molecule has 4 nitrogen and oxygen atoms in total. The molecular formula is C13H15N3O. The highest BCUT2D eigenvalue weighted by atomic mass is 16.5. The van der Waals surface area contributed by atoms with Crippen molar-refractivity contribution in [2.45, 2.75) is 18.9 Å². The number of nitrogens with zero attached hydrogens (tertiary/aromatic N) is 2. The highest BCUT2D eigenvalue weighted by Gasteiger charge is 2.15. The Morgan fingerprint density at radius 3 is 3.12 bits per heavy atom. The summed E-state index contributed by atoms with van der Waals surface area (Å²) in [4.78, 5) is 8.42. The number of rotatable bonds is 3. The molecule has 1 aliphatic rings. The van der Waals surface area contributed by atoms with Crippen LogP contribution >= 0.6 is 0 Å². The van der Waals surface area contributed by atoms with E-state index >= 15 is 0 Å². The van der Waals surface area contributed by atoms with E-state index in [4.69, 9.17) is 4.74 Å². The number of hydrogen-bond acceptors (Lipinski definition) is 4. The second kappa shape index (κ2) is 4.67. The third kappa shape index (κ3) is 2.22. The van der Waals surface area contributed by atoms with E-state index in [2.05, 4.69) is 15.3 Å². The monoisotopic (exact) mass is 229 g/mol. The lowest BCUT2D eigenvalue weighted by Crippen LogP contribution is -2.28. The number of para-hydroxylation sites is 1. The summed E-state index contributed by atoms with van der Waals surface area (Å²) in [5.41, 5.74) is 0.928. The molecule has 4 heteroatoms. The summed E-state index contributed by atoms with van der Waals surface area (Å²) >= 11 is 0. The van der Waals surface area contributed by atoms with Gasteiger partial charge in [-0.15, -0.1) is 0 Å². The molecule has 0 saturated carbocycles. The quantitative estimate of drug-likeness (QED) is 0.871. The van der Waals surface area contributed by atoms with E-state index in [9.17, 15) is 0 Å². The topological polar surface area (TPSA) is 47.0 Å². The average Bonchev–Trinajstić information content (AvgIpc) is 2.89. The molecule has 1 aromatic carbocycles. The van der Waals surface area contributed by atoms with Gasteiger partial charge < -0.3 is 10.1 Å². The molecule has 3 rings (SSSR count). The van der Waals surface area contributed by atoms with Crippen LogP contribution in [0.15, 0.2) is 30.6 Å². The Bertz CT molecular complexity index is 503. The van der Waals surface area contributed by atoms with Crippen molar-refractivity contribution in [3.8, 4) is 5.88 Å². The molecule has 88 valence electrons. The zero-order chi connectivity index (χ0) is 11.5. The molecule has 0 bridgehead atoms. The largest absolute Gasteiger partial charge is 0.475 e. The second-order valence-corrected chi connectivity index (χ2v) is 4.30. The second-order valence-electron chi connectivity index (χ2n) is 4.30. The standard InChI is InChI=1S/C13H15N3O/c1-2-6-12-11(5-1)13(16-9-15-12)17-8-10-4-3-7-14-10/h1-2,5-6,9-10,14H,3-4,7-8H2. The van der Waals surface area contributed by atoms with Crippen LogP contribution in [0.2, 0.25) is 0 Å². The minimum Gasteiger partial charge on any atom is -0.475 e. The molecule has 1 fully saturated rings. The number of ether oxygens (including phenoxy) is 1. The van der Waals surface area contributed by atoms with Crippen molar-refractivity contribution in [3.63, 3.8) is 0 Å². The van der Waals surface area contributed by atoms with E-state index in [1.807, 2.05) is 24.3 Å². The first-order chi connectivity index (χ1) is 8.43. The maximum atomic E-state index is 5.79. The third-order valence-corrected chi connectivity index (χ3v) is 3.09. The lowest BCUT2D eigenvalue weighted by atomic mass is 10.2. The predicted octanol–water partition coefficient (Wildman–Crippen LogP) is 1.76. The Labute approximate surface area is 100 Å². The van der Waals surface area contributed by atoms with Crippen LogP contribution in [-0.2, 0) is 0 Å². The molecule has 1 aromatic heterocycles. The van der Waals surface area contributed by atoms with Gasteiger partial charge in [-0.1, -0.05) is 12.1 Å². The molecule has 17 heavy (non-hydrogen) atoms. The highest BCUT2D eigenvalue weighted by Crippen LogP contribution is 2.21. The van der Waals surface area contributed by atoms with Crippen LogP contribution in [0.25, 0.3) is 10.9 Å². The molecule has 0 aliphatic carbocycles. The number of hydrogen-bond donors (Lipinski definition) is 1.